The fraction of sp³-hybridized carbons (Fsp3) is 0.143. The van der Waals surface area contributed by atoms with Gasteiger partial charge in [0, 0.05) is 10.9 Å². The van der Waals surface area contributed by atoms with Gasteiger partial charge in [0.15, 0.2) is 0 Å². The van der Waals surface area contributed by atoms with Crippen LogP contribution in [0.15, 0.2) is 10.8 Å². The van der Waals surface area contributed by atoms with Crippen LogP contribution in [0.25, 0.3) is 9.40 Å². The molecule has 0 aromatic carbocycles. The third kappa shape index (κ3) is 0.946. The summed E-state index contributed by atoms with van der Waals surface area (Å²) in [5, 5.41) is 22.6. The van der Waals surface area contributed by atoms with Gasteiger partial charge in [-0.05, 0) is 5.38 Å². The van der Waals surface area contributed by atoms with Crippen LogP contribution in [-0.2, 0) is 6.61 Å². The molecule has 0 saturated carbocycles. The van der Waals surface area contributed by atoms with Gasteiger partial charge in [0.25, 0.3) is 0 Å². The van der Waals surface area contributed by atoms with Crippen molar-refractivity contribution >= 4 is 32.1 Å². The first-order chi connectivity index (χ1) is 5.33. The summed E-state index contributed by atoms with van der Waals surface area (Å²) in [4.78, 5) is 0. The highest BCUT2D eigenvalue weighted by atomic mass is 32.2. The third-order valence-electron chi connectivity index (χ3n) is 1.54. The molecule has 11 heavy (non-hydrogen) atoms. The predicted octanol–water partition coefficient (Wildman–Crippen LogP) is 2.16. The lowest BCUT2D eigenvalue weighted by Gasteiger charge is -1.88. The maximum Gasteiger partial charge on any atom is 0.135 e. The Morgan fingerprint density at radius 3 is 2.73 bits per heavy atom. The minimum Gasteiger partial charge on any atom is -0.506 e. The molecule has 0 aliphatic carbocycles. The smallest absolute Gasteiger partial charge is 0.135 e. The molecule has 2 nitrogen and oxygen atoms in total. The van der Waals surface area contributed by atoms with Crippen LogP contribution in [0.4, 0.5) is 0 Å². The van der Waals surface area contributed by atoms with Gasteiger partial charge in [-0.3, -0.25) is 0 Å². The average molecular weight is 186 g/mol. The summed E-state index contributed by atoms with van der Waals surface area (Å²) < 4.78 is 1.08. The molecule has 0 spiro atoms. The van der Waals surface area contributed by atoms with Crippen LogP contribution in [0.5, 0.6) is 5.75 Å². The summed E-state index contributed by atoms with van der Waals surface area (Å²) in [5.74, 6) is 0.287. The lowest BCUT2D eigenvalue weighted by molar-refractivity contribution is 0.283. The van der Waals surface area contributed by atoms with E-state index in [1.165, 1.54) is 11.3 Å². The van der Waals surface area contributed by atoms with E-state index < -0.39 is 0 Å². The van der Waals surface area contributed by atoms with Crippen LogP contribution in [0.1, 0.15) is 5.56 Å². The van der Waals surface area contributed by atoms with Crippen LogP contribution < -0.4 is 0 Å². The van der Waals surface area contributed by atoms with E-state index in [4.69, 9.17) is 5.11 Å². The number of hydrogen-bond acceptors (Lipinski definition) is 4. The number of thiophene rings is 2. The van der Waals surface area contributed by atoms with Crippen molar-refractivity contribution in [3.8, 4) is 5.75 Å². The molecule has 2 aromatic heterocycles. The first-order valence-corrected chi connectivity index (χ1v) is 4.86. The molecule has 0 aliphatic heterocycles. The SMILES string of the molecule is OCc1csc2scc(O)c12. The molecule has 2 heterocycles. The van der Waals surface area contributed by atoms with Crippen molar-refractivity contribution in [3.05, 3.63) is 16.3 Å². The minimum absolute atomic E-state index is 0.00426. The molecule has 0 radical (unpaired) electrons. The Hall–Kier alpha value is -0.580. The lowest BCUT2D eigenvalue weighted by Crippen LogP contribution is -1.76. The highest BCUT2D eigenvalue weighted by Crippen LogP contribution is 2.38. The normalized spacial score (nSPS) is 11.0. The average Bonchev–Trinajstić information content (AvgIpc) is 2.54. The molecule has 0 fully saturated rings. The molecule has 4 heteroatoms. The van der Waals surface area contributed by atoms with Crippen LogP contribution >= 0.6 is 22.7 Å². The van der Waals surface area contributed by atoms with Crippen molar-refractivity contribution in [2.75, 3.05) is 0 Å². The largest absolute Gasteiger partial charge is 0.506 e. The predicted molar refractivity (Wildman–Crippen MR) is 47.3 cm³/mol. The van der Waals surface area contributed by atoms with Gasteiger partial charge >= 0.3 is 0 Å². The molecule has 0 bridgehead atoms. The van der Waals surface area contributed by atoms with Gasteiger partial charge in [-0.1, -0.05) is 0 Å². The molecule has 2 aromatic rings. The third-order valence-corrected chi connectivity index (χ3v) is 3.69. The highest BCUT2D eigenvalue weighted by molar-refractivity contribution is 7.37. The van der Waals surface area contributed by atoms with E-state index in [9.17, 15) is 5.11 Å². The summed E-state index contributed by atoms with van der Waals surface area (Å²) >= 11 is 3.07. The summed E-state index contributed by atoms with van der Waals surface area (Å²) in [5.41, 5.74) is 0.823. The second-order valence-electron chi connectivity index (χ2n) is 2.20. The van der Waals surface area contributed by atoms with Crippen molar-refractivity contribution in [3.63, 3.8) is 0 Å². The molecule has 58 valence electrons. The Labute approximate surface area is 71.3 Å². The number of fused-ring (bicyclic) bond motifs is 1. The topological polar surface area (TPSA) is 40.5 Å². The molecule has 2 N–H and O–H groups in total. The fourth-order valence-electron chi connectivity index (χ4n) is 1.01. The zero-order valence-electron chi connectivity index (χ0n) is 5.57. The van der Waals surface area contributed by atoms with Crippen molar-refractivity contribution < 1.29 is 10.2 Å². The summed E-state index contributed by atoms with van der Waals surface area (Å²) in [6.07, 6.45) is 0. The summed E-state index contributed by atoms with van der Waals surface area (Å²) in [6.45, 7) is 0.00426. The maximum absolute atomic E-state index is 9.32. The van der Waals surface area contributed by atoms with Gasteiger partial charge in [0.05, 0.1) is 16.0 Å². The number of hydrogen-bond donors (Lipinski definition) is 2. The summed E-state index contributed by atoms with van der Waals surface area (Å²) in [6, 6.07) is 0. The second kappa shape index (κ2) is 2.48. The van der Waals surface area contributed by atoms with Crippen LogP contribution in [-0.4, -0.2) is 10.2 Å². The Morgan fingerprint density at radius 2 is 2.00 bits per heavy atom. The van der Waals surface area contributed by atoms with E-state index in [0.717, 1.165) is 15.0 Å². The number of rotatable bonds is 1. The molecule has 0 saturated heterocycles. The van der Waals surface area contributed by atoms with E-state index >= 15 is 0 Å². The van der Waals surface area contributed by atoms with E-state index in [0.29, 0.717) is 0 Å². The molecule has 0 amide bonds. The number of aliphatic hydroxyl groups excluding tert-OH is 1. The molecule has 0 atom stereocenters. The van der Waals surface area contributed by atoms with Gasteiger partial charge in [-0.2, -0.15) is 0 Å². The zero-order chi connectivity index (χ0) is 7.84. The van der Waals surface area contributed by atoms with E-state index in [-0.39, 0.29) is 12.4 Å². The first kappa shape index (κ1) is 7.09. The lowest BCUT2D eigenvalue weighted by atomic mass is 10.2. The Balaban J connectivity index is 2.80. The minimum atomic E-state index is 0.00426. The molecule has 0 aliphatic rings. The Morgan fingerprint density at radius 1 is 1.27 bits per heavy atom. The Bertz CT molecular complexity index is 375. The monoisotopic (exact) mass is 186 g/mol. The number of aromatic hydroxyl groups is 1. The Kier molecular flexibility index (Phi) is 1.60. The maximum atomic E-state index is 9.32. The van der Waals surface area contributed by atoms with E-state index in [2.05, 4.69) is 0 Å². The van der Waals surface area contributed by atoms with Crippen molar-refractivity contribution in [2.24, 2.45) is 0 Å². The van der Waals surface area contributed by atoms with Crippen LogP contribution in [0, 0.1) is 0 Å². The van der Waals surface area contributed by atoms with Gasteiger partial charge in [0.2, 0.25) is 0 Å². The van der Waals surface area contributed by atoms with Gasteiger partial charge in [-0.25, -0.2) is 0 Å². The quantitative estimate of drug-likeness (QED) is 0.716. The zero-order valence-corrected chi connectivity index (χ0v) is 7.21. The molecular weight excluding hydrogens is 180 g/mol. The number of aliphatic hydroxyl groups is 1. The molecule has 2 rings (SSSR count). The fourth-order valence-corrected chi connectivity index (χ4v) is 3.01. The molecule has 0 unspecified atom stereocenters. The standard InChI is InChI=1S/C7H6O2S2/c8-1-4-2-10-7-6(4)5(9)3-11-7/h2-3,8-9H,1H2. The van der Waals surface area contributed by atoms with Gasteiger partial charge in [0.1, 0.15) is 5.75 Å². The van der Waals surface area contributed by atoms with E-state index in [1.54, 1.807) is 16.7 Å². The summed E-state index contributed by atoms with van der Waals surface area (Å²) in [7, 11) is 0. The van der Waals surface area contributed by atoms with Gasteiger partial charge < -0.3 is 10.2 Å². The first-order valence-electron chi connectivity index (χ1n) is 3.10. The van der Waals surface area contributed by atoms with Gasteiger partial charge in [-0.15, -0.1) is 22.7 Å². The van der Waals surface area contributed by atoms with Crippen LogP contribution in [0.2, 0.25) is 0 Å². The van der Waals surface area contributed by atoms with Crippen molar-refractivity contribution in [2.45, 2.75) is 6.61 Å². The van der Waals surface area contributed by atoms with Crippen molar-refractivity contribution in [1.82, 2.24) is 0 Å². The van der Waals surface area contributed by atoms with Crippen molar-refractivity contribution in [1.29, 1.82) is 0 Å². The molecular formula is C7H6O2S2. The van der Waals surface area contributed by atoms with Crippen LogP contribution in [0.3, 0.4) is 0 Å². The second-order valence-corrected chi connectivity index (χ2v) is 4.22. The van der Waals surface area contributed by atoms with E-state index in [1.807, 2.05) is 5.38 Å². The highest BCUT2D eigenvalue weighted by Gasteiger charge is 2.08.